The zero-order valence-electron chi connectivity index (χ0n) is 12.4. The van der Waals surface area contributed by atoms with E-state index in [1.165, 1.54) is 19.3 Å². The first-order valence-corrected chi connectivity index (χ1v) is 7.81. The van der Waals surface area contributed by atoms with E-state index >= 15 is 0 Å². The molecule has 0 radical (unpaired) electrons. The number of hydrogen-bond donors (Lipinski definition) is 2. The molecule has 3 atom stereocenters. The lowest BCUT2D eigenvalue weighted by Gasteiger charge is -2.39. The van der Waals surface area contributed by atoms with Crippen LogP contribution >= 0.6 is 0 Å². The number of carbonyl (C=O) groups excluding carboxylic acids is 1. The maximum Gasteiger partial charge on any atom is 0.231 e. The van der Waals surface area contributed by atoms with Gasteiger partial charge in [-0.15, -0.1) is 0 Å². The van der Waals surface area contributed by atoms with E-state index in [1.54, 1.807) is 0 Å². The molecule has 1 aliphatic heterocycles. The highest BCUT2D eigenvalue weighted by molar-refractivity contribution is 5.75. The Labute approximate surface area is 117 Å². The zero-order valence-corrected chi connectivity index (χ0v) is 12.4. The van der Waals surface area contributed by atoms with Crippen molar-refractivity contribution in [2.24, 2.45) is 17.6 Å². The molecule has 19 heavy (non-hydrogen) atoms. The third kappa shape index (κ3) is 4.46. The number of piperidine rings is 1. The third-order valence-corrected chi connectivity index (χ3v) is 4.85. The lowest BCUT2D eigenvalue weighted by atomic mass is 9.79. The van der Waals surface area contributed by atoms with Gasteiger partial charge in [-0.3, -0.25) is 9.69 Å². The van der Waals surface area contributed by atoms with Gasteiger partial charge in [0.2, 0.25) is 5.91 Å². The predicted octanol–water partition coefficient (Wildman–Crippen LogP) is 1.35. The summed E-state index contributed by atoms with van der Waals surface area (Å²) in [6, 6.07) is 1.33. The van der Waals surface area contributed by atoms with Crippen molar-refractivity contribution < 1.29 is 4.79 Å². The number of nitrogens with two attached hydrogens (primary N) is 1. The summed E-state index contributed by atoms with van der Waals surface area (Å²) in [7, 11) is 0. The summed E-state index contributed by atoms with van der Waals surface area (Å²) < 4.78 is 0. The van der Waals surface area contributed by atoms with Gasteiger partial charge in [0.15, 0.2) is 0 Å². The minimum Gasteiger partial charge on any atom is -0.369 e. The fourth-order valence-corrected chi connectivity index (χ4v) is 3.69. The second-order valence-electron chi connectivity index (χ2n) is 6.69. The second kappa shape index (κ2) is 6.71. The highest BCUT2D eigenvalue weighted by Crippen LogP contribution is 2.29. The van der Waals surface area contributed by atoms with Gasteiger partial charge in [-0.25, -0.2) is 0 Å². The maximum atomic E-state index is 10.9. The average molecular weight is 267 g/mol. The molecule has 2 rings (SSSR count). The summed E-state index contributed by atoms with van der Waals surface area (Å²) in [6.45, 7) is 7.17. The van der Waals surface area contributed by atoms with Crippen LogP contribution in [0.2, 0.25) is 0 Å². The van der Waals surface area contributed by atoms with Gasteiger partial charge >= 0.3 is 0 Å². The van der Waals surface area contributed by atoms with Crippen molar-refractivity contribution in [3.63, 3.8) is 0 Å². The fraction of sp³-hybridized carbons (Fsp3) is 0.933. The predicted molar refractivity (Wildman–Crippen MR) is 77.8 cm³/mol. The first-order valence-electron chi connectivity index (χ1n) is 7.81. The standard InChI is InChI=1S/C15H29N3O/c1-11-3-4-14(12(2)9-11)17-13-5-7-18(8-6-13)10-15(16)19/h11-14,17H,3-10H2,1-2H3,(H2,16,19). The highest BCUT2D eigenvalue weighted by atomic mass is 16.1. The number of rotatable bonds is 4. The van der Waals surface area contributed by atoms with Gasteiger partial charge in [0, 0.05) is 25.2 Å². The second-order valence-corrected chi connectivity index (χ2v) is 6.69. The molecule has 1 aliphatic carbocycles. The highest BCUT2D eigenvalue weighted by Gasteiger charge is 2.28. The minimum atomic E-state index is -0.207. The number of hydrogen-bond acceptors (Lipinski definition) is 3. The topological polar surface area (TPSA) is 58.4 Å². The van der Waals surface area contributed by atoms with E-state index in [2.05, 4.69) is 24.1 Å². The summed E-state index contributed by atoms with van der Waals surface area (Å²) in [6.07, 6.45) is 6.34. The van der Waals surface area contributed by atoms with Crippen molar-refractivity contribution in [1.29, 1.82) is 0 Å². The van der Waals surface area contributed by atoms with Crippen LogP contribution in [0.25, 0.3) is 0 Å². The van der Waals surface area contributed by atoms with Gasteiger partial charge in [-0.1, -0.05) is 13.8 Å². The van der Waals surface area contributed by atoms with E-state index in [4.69, 9.17) is 5.73 Å². The SMILES string of the molecule is CC1CCC(NC2CCN(CC(N)=O)CC2)C(C)C1. The molecule has 2 aliphatic rings. The van der Waals surface area contributed by atoms with Crippen LogP contribution in [0.1, 0.15) is 46.0 Å². The van der Waals surface area contributed by atoms with Gasteiger partial charge in [0.05, 0.1) is 6.54 Å². The van der Waals surface area contributed by atoms with Crippen LogP contribution in [0.4, 0.5) is 0 Å². The molecule has 0 bridgehead atoms. The molecular formula is C15H29N3O. The van der Waals surface area contributed by atoms with Crippen LogP contribution < -0.4 is 11.1 Å². The van der Waals surface area contributed by atoms with E-state index < -0.39 is 0 Å². The quantitative estimate of drug-likeness (QED) is 0.808. The third-order valence-electron chi connectivity index (χ3n) is 4.85. The molecule has 4 heteroatoms. The Balaban J connectivity index is 1.72. The molecule has 0 aromatic carbocycles. The van der Waals surface area contributed by atoms with Gasteiger partial charge in [-0.05, 0) is 43.9 Å². The Hall–Kier alpha value is -0.610. The number of primary amides is 1. The van der Waals surface area contributed by atoms with E-state index in [0.717, 1.165) is 37.8 Å². The molecule has 3 N–H and O–H groups in total. The number of nitrogens with zero attached hydrogens (tertiary/aromatic N) is 1. The monoisotopic (exact) mass is 267 g/mol. The van der Waals surface area contributed by atoms with Crippen LogP contribution in [0, 0.1) is 11.8 Å². The molecule has 0 aromatic heterocycles. The maximum absolute atomic E-state index is 10.9. The Morgan fingerprint density at radius 1 is 1.21 bits per heavy atom. The van der Waals surface area contributed by atoms with Crippen molar-refractivity contribution in [2.45, 2.75) is 58.0 Å². The van der Waals surface area contributed by atoms with Crippen LogP contribution in [0.3, 0.4) is 0 Å². The zero-order chi connectivity index (χ0) is 13.8. The van der Waals surface area contributed by atoms with Crippen molar-refractivity contribution in [1.82, 2.24) is 10.2 Å². The van der Waals surface area contributed by atoms with Crippen LogP contribution in [-0.2, 0) is 4.79 Å². The smallest absolute Gasteiger partial charge is 0.231 e. The number of nitrogens with one attached hydrogen (secondary N) is 1. The normalized spacial score (nSPS) is 34.3. The summed E-state index contributed by atoms with van der Waals surface area (Å²) in [5, 5.41) is 3.86. The van der Waals surface area contributed by atoms with Gasteiger partial charge in [0.25, 0.3) is 0 Å². The summed E-state index contributed by atoms with van der Waals surface area (Å²) in [4.78, 5) is 13.1. The first kappa shape index (κ1) is 14.8. The van der Waals surface area contributed by atoms with E-state index in [9.17, 15) is 4.79 Å². The number of amides is 1. The van der Waals surface area contributed by atoms with Crippen LogP contribution in [0.15, 0.2) is 0 Å². The minimum absolute atomic E-state index is 0.207. The molecule has 2 fully saturated rings. The number of likely N-dealkylation sites (tertiary alicyclic amines) is 1. The first-order chi connectivity index (χ1) is 9.04. The van der Waals surface area contributed by atoms with Crippen LogP contribution in [-0.4, -0.2) is 42.5 Å². The summed E-state index contributed by atoms with van der Waals surface area (Å²) in [5.41, 5.74) is 5.24. The summed E-state index contributed by atoms with van der Waals surface area (Å²) >= 11 is 0. The molecule has 1 heterocycles. The summed E-state index contributed by atoms with van der Waals surface area (Å²) in [5.74, 6) is 1.49. The molecule has 0 spiro atoms. The van der Waals surface area contributed by atoms with Crippen molar-refractivity contribution in [3.8, 4) is 0 Å². The molecule has 0 aromatic rings. The molecule has 4 nitrogen and oxygen atoms in total. The molecule has 3 unspecified atom stereocenters. The Kier molecular flexibility index (Phi) is 5.22. The molecule has 1 amide bonds. The average Bonchev–Trinajstić information content (AvgIpc) is 2.34. The number of carbonyl (C=O) groups is 1. The van der Waals surface area contributed by atoms with Crippen LogP contribution in [0.5, 0.6) is 0 Å². The Bertz CT molecular complexity index is 300. The van der Waals surface area contributed by atoms with Gasteiger partial charge in [-0.2, -0.15) is 0 Å². The molecule has 1 saturated heterocycles. The van der Waals surface area contributed by atoms with Crippen molar-refractivity contribution in [3.05, 3.63) is 0 Å². The molecular weight excluding hydrogens is 238 g/mol. The lowest BCUT2D eigenvalue weighted by Crippen LogP contribution is -2.50. The van der Waals surface area contributed by atoms with Gasteiger partial charge < -0.3 is 11.1 Å². The molecule has 1 saturated carbocycles. The largest absolute Gasteiger partial charge is 0.369 e. The Morgan fingerprint density at radius 3 is 2.47 bits per heavy atom. The van der Waals surface area contributed by atoms with Crippen molar-refractivity contribution >= 4 is 5.91 Å². The van der Waals surface area contributed by atoms with E-state index in [-0.39, 0.29) is 5.91 Å². The van der Waals surface area contributed by atoms with E-state index in [1.807, 2.05) is 0 Å². The Morgan fingerprint density at radius 2 is 1.89 bits per heavy atom. The van der Waals surface area contributed by atoms with E-state index in [0.29, 0.717) is 18.6 Å². The van der Waals surface area contributed by atoms with Gasteiger partial charge in [0.1, 0.15) is 0 Å². The fourth-order valence-electron chi connectivity index (χ4n) is 3.69. The molecule has 110 valence electrons. The van der Waals surface area contributed by atoms with Crippen molar-refractivity contribution in [2.75, 3.05) is 19.6 Å². The lowest BCUT2D eigenvalue weighted by molar-refractivity contribution is -0.119.